The van der Waals surface area contributed by atoms with Crippen LogP contribution in [0.5, 0.6) is 5.75 Å². The lowest BCUT2D eigenvalue weighted by atomic mass is 10.2. The minimum absolute atomic E-state index is 0.0829. The van der Waals surface area contributed by atoms with Crippen LogP contribution >= 0.6 is 0 Å². The fourth-order valence-electron chi connectivity index (χ4n) is 2.60. The number of carbonyl (C=O) groups is 1. The number of hydrogen-bond acceptors (Lipinski definition) is 3. The molecule has 4 heteroatoms. The molecule has 1 aromatic rings. The molecule has 1 saturated carbocycles. The molecule has 0 saturated heterocycles. The number of amides is 1. The quantitative estimate of drug-likeness (QED) is 0.843. The molecule has 1 aromatic carbocycles. The van der Waals surface area contributed by atoms with Gasteiger partial charge in [0, 0.05) is 11.7 Å². The number of anilines is 2. The molecule has 0 aromatic heterocycles. The van der Waals surface area contributed by atoms with E-state index in [0.717, 1.165) is 17.1 Å². The Balaban J connectivity index is 1.78. The van der Waals surface area contributed by atoms with Crippen molar-refractivity contribution in [3.8, 4) is 5.75 Å². The Kier molecular flexibility index (Phi) is 2.86. The van der Waals surface area contributed by atoms with Crippen LogP contribution in [0, 0.1) is 0 Å². The molecular formula is C14H18N2O2. The average molecular weight is 246 g/mol. The van der Waals surface area contributed by atoms with E-state index in [9.17, 15) is 4.79 Å². The lowest BCUT2D eigenvalue weighted by Gasteiger charge is -2.24. The first-order chi connectivity index (χ1) is 8.72. The maximum atomic E-state index is 11.6. The smallest absolute Gasteiger partial charge is 0.265 e. The molecule has 0 bridgehead atoms. The molecule has 4 nitrogen and oxygen atoms in total. The van der Waals surface area contributed by atoms with E-state index in [2.05, 4.69) is 10.6 Å². The summed E-state index contributed by atoms with van der Waals surface area (Å²) in [6, 6.07) is 6.46. The minimum Gasteiger partial charge on any atom is -0.479 e. The summed E-state index contributed by atoms with van der Waals surface area (Å²) < 4.78 is 5.53. The molecule has 1 heterocycles. The first-order valence-corrected chi connectivity index (χ1v) is 6.60. The molecule has 96 valence electrons. The van der Waals surface area contributed by atoms with Gasteiger partial charge >= 0.3 is 0 Å². The topological polar surface area (TPSA) is 50.4 Å². The zero-order valence-corrected chi connectivity index (χ0v) is 10.5. The number of carbonyl (C=O) groups excluding carboxylic acids is 1. The van der Waals surface area contributed by atoms with Crippen LogP contribution in [-0.2, 0) is 4.79 Å². The van der Waals surface area contributed by atoms with Crippen molar-refractivity contribution in [1.82, 2.24) is 0 Å². The van der Waals surface area contributed by atoms with E-state index in [1.54, 1.807) is 6.92 Å². The number of rotatable bonds is 2. The lowest BCUT2D eigenvalue weighted by Crippen LogP contribution is -2.34. The highest BCUT2D eigenvalue weighted by molar-refractivity contribution is 5.98. The van der Waals surface area contributed by atoms with Gasteiger partial charge in [0.1, 0.15) is 5.75 Å². The van der Waals surface area contributed by atoms with E-state index >= 15 is 0 Å². The van der Waals surface area contributed by atoms with E-state index in [-0.39, 0.29) is 5.91 Å². The standard InChI is InChI=1S/C14H18N2O2/c1-9-14(17)16-12-8-11(6-7-13(12)18-9)15-10-4-2-3-5-10/h6-10,15H,2-5H2,1H3,(H,16,17). The van der Waals surface area contributed by atoms with E-state index in [0.29, 0.717) is 6.04 Å². The van der Waals surface area contributed by atoms with Crippen LogP contribution in [0.1, 0.15) is 32.6 Å². The SMILES string of the molecule is CC1Oc2ccc(NC3CCCC3)cc2NC1=O. The van der Waals surface area contributed by atoms with Crippen LogP contribution in [0.4, 0.5) is 11.4 Å². The Morgan fingerprint density at radius 3 is 2.89 bits per heavy atom. The summed E-state index contributed by atoms with van der Waals surface area (Å²) in [5.74, 6) is 0.666. The summed E-state index contributed by atoms with van der Waals surface area (Å²) in [6.45, 7) is 1.75. The third-order valence-corrected chi connectivity index (χ3v) is 3.64. The summed E-state index contributed by atoms with van der Waals surface area (Å²) in [6.07, 6.45) is 4.67. The number of nitrogens with one attached hydrogen (secondary N) is 2. The second kappa shape index (κ2) is 4.52. The number of hydrogen-bond donors (Lipinski definition) is 2. The van der Waals surface area contributed by atoms with Crippen molar-refractivity contribution in [2.24, 2.45) is 0 Å². The zero-order chi connectivity index (χ0) is 12.5. The molecule has 18 heavy (non-hydrogen) atoms. The molecule has 2 N–H and O–H groups in total. The summed E-state index contributed by atoms with van der Waals surface area (Å²) >= 11 is 0. The summed E-state index contributed by atoms with van der Waals surface area (Å²) in [5, 5.41) is 6.38. The molecule has 0 radical (unpaired) electrons. The summed E-state index contributed by atoms with van der Waals surface area (Å²) in [4.78, 5) is 11.6. The Hall–Kier alpha value is -1.71. The van der Waals surface area contributed by atoms with Crippen molar-refractivity contribution < 1.29 is 9.53 Å². The molecule has 0 spiro atoms. The number of benzene rings is 1. The molecule has 1 amide bonds. The third-order valence-electron chi connectivity index (χ3n) is 3.64. The minimum atomic E-state index is -0.411. The van der Waals surface area contributed by atoms with Crippen LogP contribution in [0.2, 0.25) is 0 Å². The van der Waals surface area contributed by atoms with Gasteiger partial charge in [0.15, 0.2) is 6.10 Å². The fourth-order valence-corrected chi connectivity index (χ4v) is 2.60. The van der Waals surface area contributed by atoms with Crippen molar-refractivity contribution >= 4 is 17.3 Å². The van der Waals surface area contributed by atoms with Gasteiger partial charge in [0.05, 0.1) is 5.69 Å². The first-order valence-electron chi connectivity index (χ1n) is 6.60. The van der Waals surface area contributed by atoms with Gasteiger partial charge in [0.25, 0.3) is 5.91 Å². The largest absolute Gasteiger partial charge is 0.479 e. The van der Waals surface area contributed by atoms with E-state index in [4.69, 9.17) is 4.74 Å². The molecular weight excluding hydrogens is 228 g/mol. The number of fused-ring (bicyclic) bond motifs is 1. The van der Waals surface area contributed by atoms with Gasteiger partial charge in [-0.25, -0.2) is 0 Å². The van der Waals surface area contributed by atoms with Crippen molar-refractivity contribution in [2.45, 2.75) is 44.8 Å². The Morgan fingerprint density at radius 1 is 1.33 bits per heavy atom. The highest BCUT2D eigenvalue weighted by Gasteiger charge is 2.24. The molecule has 1 aliphatic carbocycles. The van der Waals surface area contributed by atoms with Crippen molar-refractivity contribution in [1.29, 1.82) is 0 Å². The fraction of sp³-hybridized carbons (Fsp3) is 0.500. The van der Waals surface area contributed by atoms with Gasteiger partial charge < -0.3 is 15.4 Å². The molecule has 1 atom stereocenters. The predicted molar refractivity (Wildman–Crippen MR) is 71.0 cm³/mol. The third kappa shape index (κ3) is 2.15. The molecule has 1 aliphatic heterocycles. The maximum Gasteiger partial charge on any atom is 0.265 e. The highest BCUT2D eigenvalue weighted by Crippen LogP contribution is 2.33. The van der Waals surface area contributed by atoms with Gasteiger partial charge in [0.2, 0.25) is 0 Å². The van der Waals surface area contributed by atoms with Gasteiger partial charge in [-0.05, 0) is 38.0 Å². The Bertz CT molecular complexity index is 467. The average Bonchev–Trinajstić information content (AvgIpc) is 2.84. The normalized spacial score (nSPS) is 23.2. The van der Waals surface area contributed by atoms with E-state index in [1.807, 2.05) is 18.2 Å². The van der Waals surface area contributed by atoms with Crippen LogP contribution in [0.15, 0.2) is 18.2 Å². The first kappa shape index (κ1) is 11.4. The van der Waals surface area contributed by atoms with Crippen molar-refractivity contribution in [3.63, 3.8) is 0 Å². The van der Waals surface area contributed by atoms with Gasteiger partial charge in [-0.2, -0.15) is 0 Å². The van der Waals surface area contributed by atoms with Crippen molar-refractivity contribution in [2.75, 3.05) is 10.6 Å². The molecule has 1 unspecified atom stereocenters. The lowest BCUT2D eigenvalue weighted by molar-refractivity contribution is -0.122. The van der Waals surface area contributed by atoms with E-state index in [1.165, 1.54) is 25.7 Å². The second-order valence-electron chi connectivity index (χ2n) is 5.09. The van der Waals surface area contributed by atoms with Gasteiger partial charge in [-0.1, -0.05) is 12.8 Å². The number of ether oxygens (including phenoxy) is 1. The van der Waals surface area contributed by atoms with Gasteiger partial charge in [-0.3, -0.25) is 4.79 Å². The summed E-state index contributed by atoms with van der Waals surface area (Å²) in [7, 11) is 0. The monoisotopic (exact) mass is 246 g/mol. The van der Waals surface area contributed by atoms with Crippen LogP contribution in [0.3, 0.4) is 0 Å². The summed E-state index contributed by atoms with van der Waals surface area (Å²) in [5.41, 5.74) is 1.82. The van der Waals surface area contributed by atoms with Crippen molar-refractivity contribution in [3.05, 3.63) is 18.2 Å². The van der Waals surface area contributed by atoms with Crippen LogP contribution in [-0.4, -0.2) is 18.1 Å². The Labute approximate surface area is 107 Å². The maximum absolute atomic E-state index is 11.6. The molecule has 3 rings (SSSR count). The van der Waals surface area contributed by atoms with Crippen LogP contribution < -0.4 is 15.4 Å². The van der Waals surface area contributed by atoms with Gasteiger partial charge in [-0.15, -0.1) is 0 Å². The predicted octanol–water partition coefficient (Wildman–Crippen LogP) is 2.76. The Morgan fingerprint density at radius 2 is 2.11 bits per heavy atom. The highest BCUT2D eigenvalue weighted by atomic mass is 16.5. The van der Waals surface area contributed by atoms with Crippen LogP contribution in [0.25, 0.3) is 0 Å². The zero-order valence-electron chi connectivity index (χ0n) is 10.5. The van der Waals surface area contributed by atoms with E-state index < -0.39 is 6.10 Å². The second-order valence-corrected chi connectivity index (χ2v) is 5.09. The molecule has 2 aliphatic rings. The molecule has 1 fully saturated rings.